The molecule has 172 valence electrons. The molecular weight excluding hydrogens is 440 g/mol. The highest BCUT2D eigenvalue weighted by atomic mass is 32.2. The molecule has 1 unspecified atom stereocenters. The van der Waals surface area contributed by atoms with Crippen LogP contribution in [0.2, 0.25) is 0 Å². The van der Waals surface area contributed by atoms with Gasteiger partial charge in [-0.2, -0.15) is 4.98 Å². The van der Waals surface area contributed by atoms with Crippen molar-refractivity contribution in [2.75, 3.05) is 26.1 Å². The Labute approximate surface area is 197 Å². The number of anilines is 1. The Bertz CT molecular complexity index is 1180. The third-order valence-electron chi connectivity index (χ3n) is 5.26. The van der Waals surface area contributed by atoms with E-state index < -0.39 is 12.0 Å². The van der Waals surface area contributed by atoms with Crippen molar-refractivity contribution in [3.63, 3.8) is 0 Å². The van der Waals surface area contributed by atoms with Crippen molar-refractivity contribution in [2.24, 2.45) is 0 Å². The number of methoxy groups -OCH3 is 2. The predicted octanol–water partition coefficient (Wildman–Crippen LogP) is 4.44. The van der Waals surface area contributed by atoms with Crippen LogP contribution >= 0.6 is 11.8 Å². The molecule has 3 aromatic rings. The Morgan fingerprint density at radius 2 is 1.88 bits per heavy atom. The van der Waals surface area contributed by atoms with E-state index in [-0.39, 0.29) is 6.61 Å². The second-order valence-corrected chi connectivity index (χ2v) is 8.28. The van der Waals surface area contributed by atoms with Crippen LogP contribution in [0.25, 0.3) is 0 Å². The topological polar surface area (TPSA) is 87.5 Å². The quantitative estimate of drug-likeness (QED) is 0.385. The second-order valence-electron chi connectivity index (χ2n) is 7.34. The first-order valence-corrected chi connectivity index (χ1v) is 11.5. The summed E-state index contributed by atoms with van der Waals surface area (Å²) in [6.07, 6.45) is 0. The van der Waals surface area contributed by atoms with Crippen LogP contribution in [-0.2, 0) is 15.3 Å². The van der Waals surface area contributed by atoms with E-state index in [9.17, 15) is 4.79 Å². The lowest BCUT2D eigenvalue weighted by atomic mass is 9.95. The zero-order valence-corrected chi connectivity index (χ0v) is 19.8. The van der Waals surface area contributed by atoms with Crippen LogP contribution in [0.15, 0.2) is 65.0 Å². The molecular formula is C24H26N4O4S. The summed E-state index contributed by atoms with van der Waals surface area (Å²) in [6.45, 7) is 3.90. The van der Waals surface area contributed by atoms with Crippen LogP contribution < -0.4 is 14.8 Å². The molecule has 8 nitrogen and oxygen atoms in total. The number of allylic oxidation sites excluding steroid dienone is 1. The summed E-state index contributed by atoms with van der Waals surface area (Å²) in [5, 5.41) is 8.57. The maximum absolute atomic E-state index is 13.0. The third-order valence-corrected chi connectivity index (χ3v) is 6.17. The Morgan fingerprint density at radius 1 is 1.12 bits per heavy atom. The number of hydrogen-bond acceptors (Lipinski definition) is 8. The van der Waals surface area contributed by atoms with Gasteiger partial charge in [0.2, 0.25) is 11.1 Å². The van der Waals surface area contributed by atoms with Gasteiger partial charge in [-0.25, -0.2) is 9.48 Å². The monoisotopic (exact) mass is 466 g/mol. The fourth-order valence-corrected chi connectivity index (χ4v) is 4.50. The largest absolute Gasteiger partial charge is 0.493 e. The molecule has 0 bridgehead atoms. The molecule has 0 fully saturated rings. The van der Waals surface area contributed by atoms with Gasteiger partial charge in [-0.3, -0.25) is 0 Å². The van der Waals surface area contributed by atoms with Gasteiger partial charge in [-0.15, -0.1) is 5.10 Å². The molecule has 33 heavy (non-hydrogen) atoms. The number of fused-ring (bicyclic) bond motifs is 1. The molecule has 1 aliphatic heterocycles. The smallest absolute Gasteiger partial charge is 0.338 e. The van der Waals surface area contributed by atoms with E-state index in [0.717, 1.165) is 11.3 Å². The molecule has 1 aromatic heterocycles. The number of carbonyl (C=O) groups excluding carboxylic acids is 1. The minimum absolute atomic E-state index is 0.274. The molecule has 0 amide bonds. The van der Waals surface area contributed by atoms with Crippen LogP contribution in [0.5, 0.6) is 11.5 Å². The maximum Gasteiger partial charge on any atom is 0.338 e. The van der Waals surface area contributed by atoms with Gasteiger partial charge in [0.1, 0.15) is 6.04 Å². The molecule has 9 heteroatoms. The van der Waals surface area contributed by atoms with E-state index >= 15 is 0 Å². The summed E-state index contributed by atoms with van der Waals surface area (Å²) in [5.41, 5.74) is 3.14. The number of nitrogens with one attached hydrogen (secondary N) is 1. The third kappa shape index (κ3) is 4.68. The number of aromatic nitrogens is 3. The number of esters is 1. The molecule has 0 spiro atoms. The molecule has 0 saturated carbocycles. The van der Waals surface area contributed by atoms with E-state index in [1.54, 1.807) is 25.8 Å². The van der Waals surface area contributed by atoms with E-state index in [1.165, 1.54) is 17.3 Å². The summed E-state index contributed by atoms with van der Waals surface area (Å²) in [4.78, 5) is 17.6. The molecule has 1 aliphatic rings. The van der Waals surface area contributed by atoms with Crippen molar-refractivity contribution < 1.29 is 19.0 Å². The van der Waals surface area contributed by atoms with Crippen LogP contribution in [0.3, 0.4) is 0 Å². The highest BCUT2D eigenvalue weighted by Crippen LogP contribution is 2.39. The van der Waals surface area contributed by atoms with Gasteiger partial charge >= 0.3 is 5.97 Å². The second kappa shape index (κ2) is 9.99. The Morgan fingerprint density at radius 3 is 2.58 bits per heavy atom. The molecule has 4 rings (SSSR count). The summed E-state index contributed by atoms with van der Waals surface area (Å²) in [6, 6.07) is 15.2. The standard InChI is InChI=1S/C24H26N4O4S/c1-5-32-22(29)20-15(2)25-23-26-24(33-14-16-9-7-6-8-10-16)27-28(23)21(20)17-11-12-18(30-3)19(13-17)31-4/h6-13,21H,5,14H2,1-4H3,(H,25,26,27). The minimum Gasteiger partial charge on any atom is -0.493 e. The lowest BCUT2D eigenvalue weighted by Crippen LogP contribution is -2.29. The fraction of sp³-hybridized carbons (Fsp3) is 0.292. The first-order chi connectivity index (χ1) is 16.0. The summed E-state index contributed by atoms with van der Waals surface area (Å²) < 4.78 is 18.0. The van der Waals surface area contributed by atoms with E-state index in [2.05, 4.69) is 22.4 Å². The minimum atomic E-state index is -0.529. The molecule has 0 saturated heterocycles. The Kier molecular flexibility index (Phi) is 6.88. The maximum atomic E-state index is 13.0. The molecule has 1 N–H and O–H groups in total. The predicted molar refractivity (Wildman–Crippen MR) is 127 cm³/mol. The molecule has 2 heterocycles. The molecule has 1 atom stereocenters. The molecule has 0 aliphatic carbocycles. The highest BCUT2D eigenvalue weighted by molar-refractivity contribution is 7.98. The van der Waals surface area contributed by atoms with Crippen LogP contribution in [0.1, 0.15) is 31.0 Å². The number of ether oxygens (including phenoxy) is 3. The summed E-state index contributed by atoms with van der Waals surface area (Å²) in [7, 11) is 3.17. The van der Waals surface area contributed by atoms with Gasteiger partial charge in [-0.05, 0) is 37.1 Å². The van der Waals surface area contributed by atoms with Crippen molar-refractivity contribution >= 4 is 23.7 Å². The average molecular weight is 467 g/mol. The van der Waals surface area contributed by atoms with Crippen LogP contribution in [0, 0.1) is 0 Å². The van der Waals surface area contributed by atoms with E-state index in [0.29, 0.717) is 33.9 Å². The van der Waals surface area contributed by atoms with Gasteiger partial charge in [-0.1, -0.05) is 48.2 Å². The van der Waals surface area contributed by atoms with Crippen molar-refractivity contribution in [1.82, 2.24) is 14.8 Å². The first kappa shape index (κ1) is 22.7. The average Bonchev–Trinajstić information content (AvgIpc) is 3.24. The lowest BCUT2D eigenvalue weighted by molar-refractivity contribution is -0.139. The van der Waals surface area contributed by atoms with Crippen LogP contribution in [-0.4, -0.2) is 41.6 Å². The fourth-order valence-electron chi connectivity index (χ4n) is 3.72. The van der Waals surface area contributed by atoms with Gasteiger partial charge in [0.25, 0.3) is 0 Å². The SMILES string of the molecule is CCOC(=O)C1=C(C)Nc2nc(SCc3ccccc3)nn2C1c1ccc(OC)c(OC)c1. The number of nitrogens with zero attached hydrogens (tertiary/aromatic N) is 3. The zero-order chi connectivity index (χ0) is 23.4. The molecule has 2 aromatic carbocycles. The summed E-state index contributed by atoms with van der Waals surface area (Å²) >= 11 is 1.54. The van der Waals surface area contributed by atoms with E-state index in [1.807, 2.05) is 43.3 Å². The van der Waals surface area contributed by atoms with Crippen molar-refractivity contribution in [3.8, 4) is 11.5 Å². The number of hydrogen-bond donors (Lipinski definition) is 1. The van der Waals surface area contributed by atoms with Gasteiger partial charge < -0.3 is 19.5 Å². The summed E-state index contributed by atoms with van der Waals surface area (Å²) in [5.74, 6) is 2.07. The number of rotatable bonds is 8. The number of carbonyl (C=O) groups is 1. The highest BCUT2D eigenvalue weighted by Gasteiger charge is 2.35. The van der Waals surface area contributed by atoms with Gasteiger partial charge in [0, 0.05) is 11.4 Å². The van der Waals surface area contributed by atoms with Crippen molar-refractivity contribution in [1.29, 1.82) is 0 Å². The lowest BCUT2D eigenvalue weighted by Gasteiger charge is -2.28. The van der Waals surface area contributed by atoms with Crippen molar-refractivity contribution in [2.45, 2.75) is 30.8 Å². The Hall–Kier alpha value is -3.46. The zero-order valence-electron chi connectivity index (χ0n) is 19.0. The van der Waals surface area contributed by atoms with Crippen LogP contribution in [0.4, 0.5) is 5.95 Å². The van der Waals surface area contributed by atoms with Gasteiger partial charge in [0.05, 0.1) is 26.4 Å². The van der Waals surface area contributed by atoms with Gasteiger partial charge in [0.15, 0.2) is 11.5 Å². The number of thioether (sulfide) groups is 1. The van der Waals surface area contributed by atoms with E-state index in [4.69, 9.17) is 19.3 Å². The normalized spacial score (nSPS) is 15.0. The number of benzene rings is 2. The first-order valence-electron chi connectivity index (χ1n) is 10.6. The molecule has 0 radical (unpaired) electrons. The van der Waals surface area contributed by atoms with Crippen molar-refractivity contribution in [3.05, 3.63) is 70.9 Å². The Balaban J connectivity index is 1.74.